The number of esters is 1. The highest BCUT2D eigenvalue weighted by atomic mass is 16.5. The summed E-state index contributed by atoms with van der Waals surface area (Å²) >= 11 is 0. The zero-order valence-electron chi connectivity index (χ0n) is 12.5. The lowest BCUT2D eigenvalue weighted by atomic mass is 9.46. The van der Waals surface area contributed by atoms with E-state index in [9.17, 15) is 19.8 Å². The lowest BCUT2D eigenvalue weighted by Crippen LogP contribution is -2.63. The van der Waals surface area contributed by atoms with Gasteiger partial charge in [-0.3, -0.25) is 9.59 Å². The number of carbonyl (C=O) groups excluding carboxylic acids is 1. The van der Waals surface area contributed by atoms with Gasteiger partial charge in [0.1, 0.15) is 12.2 Å². The summed E-state index contributed by atoms with van der Waals surface area (Å²) in [5.74, 6) is -1.38. The van der Waals surface area contributed by atoms with Crippen LogP contribution in [0.2, 0.25) is 0 Å². The number of fused-ring (bicyclic) bond motifs is 3. The maximum atomic E-state index is 11.8. The molecule has 0 bridgehead atoms. The highest BCUT2D eigenvalue weighted by Gasteiger charge is 2.64. The summed E-state index contributed by atoms with van der Waals surface area (Å²) in [6.07, 6.45) is 4.55. The highest BCUT2D eigenvalue weighted by molar-refractivity contribution is 5.76. The number of carbonyl (C=O) groups is 2. The molecular formula is C16H22O5. The molecule has 116 valence electrons. The maximum absolute atomic E-state index is 11.8. The Hall–Kier alpha value is -1.36. The number of rotatable bonds is 1. The molecular weight excluding hydrogens is 272 g/mol. The summed E-state index contributed by atoms with van der Waals surface area (Å²) in [6, 6.07) is 0. The number of hydrogen-bond donors (Lipinski definition) is 2. The lowest BCUT2D eigenvalue weighted by Gasteiger charge is -2.60. The van der Waals surface area contributed by atoms with E-state index in [0.29, 0.717) is 12.8 Å². The molecule has 0 spiro atoms. The second kappa shape index (κ2) is 4.32. The third kappa shape index (κ3) is 1.73. The topological polar surface area (TPSA) is 83.8 Å². The molecule has 0 aromatic rings. The molecule has 21 heavy (non-hydrogen) atoms. The first-order chi connectivity index (χ1) is 9.74. The molecule has 1 saturated carbocycles. The van der Waals surface area contributed by atoms with Crippen molar-refractivity contribution in [2.24, 2.45) is 16.7 Å². The van der Waals surface area contributed by atoms with Crippen LogP contribution in [0.1, 0.15) is 46.0 Å². The zero-order valence-corrected chi connectivity index (χ0v) is 12.5. The monoisotopic (exact) mass is 294 g/mol. The number of aliphatic carboxylic acids is 1. The van der Waals surface area contributed by atoms with Crippen molar-refractivity contribution in [1.29, 1.82) is 0 Å². The van der Waals surface area contributed by atoms with Gasteiger partial charge in [0.2, 0.25) is 0 Å². The molecule has 0 aromatic heterocycles. The van der Waals surface area contributed by atoms with Gasteiger partial charge in [-0.05, 0) is 37.7 Å². The van der Waals surface area contributed by atoms with Crippen LogP contribution in [0.25, 0.3) is 0 Å². The molecule has 0 unspecified atom stereocenters. The fraction of sp³-hybridized carbons (Fsp3) is 0.750. The Morgan fingerprint density at radius 2 is 2.10 bits per heavy atom. The van der Waals surface area contributed by atoms with Crippen molar-refractivity contribution in [2.45, 2.75) is 51.6 Å². The van der Waals surface area contributed by atoms with Gasteiger partial charge in [-0.1, -0.05) is 19.4 Å². The second-order valence-electron chi connectivity index (χ2n) is 7.21. The van der Waals surface area contributed by atoms with E-state index in [1.54, 1.807) is 6.92 Å². The van der Waals surface area contributed by atoms with Crippen LogP contribution in [0.3, 0.4) is 0 Å². The molecule has 0 radical (unpaired) electrons. The van der Waals surface area contributed by atoms with Crippen LogP contribution in [-0.4, -0.2) is 34.4 Å². The van der Waals surface area contributed by atoms with Crippen LogP contribution in [0, 0.1) is 16.7 Å². The van der Waals surface area contributed by atoms with Crippen LogP contribution < -0.4 is 0 Å². The largest absolute Gasteiger partial charge is 0.481 e. The Balaban J connectivity index is 2.11. The number of carboxylic acids is 1. The molecule has 5 nitrogen and oxygen atoms in total. The minimum absolute atomic E-state index is 0.0679. The normalized spacial score (nSPS) is 46.0. The first-order valence-corrected chi connectivity index (χ1v) is 7.55. The molecule has 0 aromatic carbocycles. The summed E-state index contributed by atoms with van der Waals surface area (Å²) < 4.78 is 5.05. The predicted molar refractivity (Wildman–Crippen MR) is 74.4 cm³/mol. The number of cyclic esters (lactones) is 1. The van der Waals surface area contributed by atoms with Crippen molar-refractivity contribution < 1.29 is 24.5 Å². The van der Waals surface area contributed by atoms with Gasteiger partial charge in [-0.25, -0.2) is 0 Å². The summed E-state index contributed by atoms with van der Waals surface area (Å²) in [4.78, 5) is 23.5. The van der Waals surface area contributed by atoms with Crippen molar-refractivity contribution >= 4 is 11.9 Å². The number of hydrogen-bond acceptors (Lipinski definition) is 4. The fourth-order valence-electron chi connectivity index (χ4n) is 4.85. The van der Waals surface area contributed by atoms with Gasteiger partial charge in [0.25, 0.3) is 0 Å². The van der Waals surface area contributed by atoms with E-state index in [1.165, 1.54) is 0 Å². The summed E-state index contributed by atoms with van der Waals surface area (Å²) in [5.41, 5.74) is -1.97. The molecule has 3 aliphatic rings. The molecule has 1 aliphatic heterocycles. The Bertz CT molecular complexity index is 539. The van der Waals surface area contributed by atoms with Crippen molar-refractivity contribution in [1.82, 2.24) is 0 Å². The van der Waals surface area contributed by atoms with Crippen LogP contribution in [0.5, 0.6) is 0 Å². The fourth-order valence-corrected chi connectivity index (χ4v) is 4.85. The van der Waals surface area contributed by atoms with E-state index in [2.05, 4.69) is 0 Å². The van der Waals surface area contributed by atoms with E-state index in [-0.39, 0.29) is 18.9 Å². The van der Waals surface area contributed by atoms with Crippen molar-refractivity contribution in [3.05, 3.63) is 11.6 Å². The molecule has 4 atom stereocenters. The van der Waals surface area contributed by atoms with E-state index >= 15 is 0 Å². The highest BCUT2D eigenvalue weighted by Crippen LogP contribution is 2.62. The Kier molecular flexibility index (Phi) is 3.00. The van der Waals surface area contributed by atoms with Crippen LogP contribution in [-0.2, 0) is 14.3 Å². The van der Waals surface area contributed by atoms with E-state index < -0.39 is 28.4 Å². The third-order valence-corrected chi connectivity index (χ3v) is 6.28. The van der Waals surface area contributed by atoms with Gasteiger partial charge in [0, 0.05) is 5.41 Å². The molecule has 0 amide bonds. The summed E-state index contributed by atoms with van der Waals surface area (Å²) in [7, 11) is 0. The smallest absolute Gasteiger partial charge is 0.309 e. The van der Waals surface area contributed by atoms with Gasteiger partial charge in [0.05, 0.1) is 11.8 Å². The molecule has 3 rings (SSSR count). The zero-order chi connectivity index (χ0) is 15.5. The average molecular weight is 294 g/mol. The van der Waals surface area contributed by atoms with Crippen LogP contribution in [0.4, 0.5) is 0 Å². The molecule has 1 saturated heterocycles. The van der Waals surface area contributed by atoms with Crippen LogP contribution >= 0.6 is 0 Å². The Morgan fingerprint density at radius 1 is 1.38 bits per heavy atom. The van der Waals surface area contributed by atoms with Gasteiger partial charge in [-0.15, -0.1) is 0 Å². The molecule has 1 heterocycles. The Labute approximate surface area is 124 Å². The second-order valence-corrected chi connectivity index (χ2v) is 7.21. The number of aliphatic hydroxyl groups is 1. The first-order valence-electron chi connectivity index (χ1n) is 7.55. The quantitative estimate of drug-likeness (QED) is 0.570. The average Bonchev–Trinajstić information content (AvgIpc) is 2.39. The van der Waals surface area contributed by atoms with E-state index in [4.69, 9.17) is 4.74 Å². The molecule has 5 heteroatoms. The SMILES string of the molecule is C[C@]12CCC[C@](C)(C(=O)O)[C@@H]1CC=C1COC(=O)C[C@@]12O. The summed E-state index contributed by atoms with van der Waals surface area (Å²) in [6.45, 7) is 3.85. The van der Waals surface area contributed by atoms with Crippen molar-refractivity contribution in [3.8, 4) is 0 Å². The van der Waals surface area contributed by atoms with Gasteiger partial charge >= 0.3 is 11.9 Å². The molecule has 2 fully saturated rings. The van der Waals surface area contributed by atoms with Gasteiger partial charge in [-0.2, -0.15) is 0 Å². The first kappa shape index (κ1) is 14.6. The standard InChI is InChI=1S/C16H22O5/c1-14(13(18)19)6-3-7-15(2)11(14)5-4-10-9-21-12(17)8-16(10,15)20/h4,11,20H,3,5-9H2,1-2H3,(H,18,19)/t11-,14-,15-,16+/m0/s1. The minimum Gasteiger partial charge on any atom is -0.481 e. The third-order valence-electron chi connectivity index (χ3n) is 6.28. The maximum Gasteiger partial charge on any atom is 0.309 e. The number of allylic oxidation sites excluding steroid dienone is 1. The molecule has 2 N–H and O–H groups in total. The van der Waals surface area contributed by atoms with E-state index in [1.807, 2.05) is 13.0 Å². The van der Waals surface area contributed by atoms with Gasteiger partial charge in [0.15, 0.2) is 0 Å². The Morgan fingerprint density at radius 3 is 2.76 bits per heavy atom. The summed E-state index contributed by atoms with van der Waals surface area (Å²) in [5, 5.41) is 21.0. The number of carboxylic acid groups (broad SMARTS) is 1. The van der Waals surface area contributed by atoms with Gasteiger partial charge < -0.3 is 14.9 Å². The number of ether oxygens (including phenoxy) is 1. The van der Waals surface area contributed by atoms with E-state index in [0.717, 1.165) is 18.4 Å². The van der Waals surface area contributed by atoms with Crippen molar-refractivity contribution in [3.63, 3.8) is 0 Å². The minimum atomic E-state index is -1.26. The lowest BCUT2D eigenvalue weighted by molar-refractivity contribution is -0.192. The molecule has 2 aliphatic carbocycles. The van der Waals surface area contributed by atoms with Crippen LogP contribution in [0.15, 0.2) is 11.6 Å². The van der Waals surface area contributed by atoms with Crippen molar-refractivity contribution in [2.75, 3.05) is 6.61 Å². The predicted octanol–water partition coefficient (Wildman–Crippen LogP) is 1.89.